The largest absolute Gasteiger partial charge is 0.300 e. The van der Waals surface area contributed by atoms with Crippen LogP contribution in [-0.4, -0.2) is 12.0 Å². The summed E-state index contributed by atoms with van der Waals surface area (Å²) in [5.41, 5.74) is 0.396. The topological polar surface area (TPSA) is 17.1 Å². The molecule has 0 aliphatic rings. The lowest BCUT2D eigenvalue weighted by molar-refractivity contribution is -0.112. The van der Waals surface area contributed by atoms with Gasteiger partial charge in [0.25, 0.3) is 0 Å². The van der Waals surface area contributed by atoms with E-state index in [9.17, 15) is 9.18 Å². The highest BCUT2D eigenvalue weighted by molar-refractivity contribution is 9.10. The average molecular weight is 277 g/mol. The molecule has 0 saturated heterocycles. The first-order chi connectivity index (χ1) is 6.69. The van der Waals surface area contributed by atoms with Crippen LogP contribution in [0.3, 0.4) is 0 Å². The Morgan fingerprint density at radius 1 is 1.64 bits per heavy atom. The minimum Gasteiger partial charge on any atom is -0.300 e. The predicted molar refractivity (Wildman–Crippen MR) is 60.5 cm³/mol. The van der Waals surface area contributed by atoms with Crippen molar-refractivity contribution >= 4 is 34.0 Å². The number of rotatable bonds is 4. The van der Waals surface area contributed by atoms with Crippen LogP contribution in [0.15, 0.2) is 27.6 Å². The fourth-order valence-electron chi connectivity index (χ4n) is 1.04. The molecule has 1 unspecified atom stereocenters. The summed E-state index contributed by atoms with van der Waals surface area (Å²) in [7, 11) is 0. The predicted octanol–water partition coefficient (Wildman–Crippen LogP) is 3.77. The molecule has 0 radical (unpaired) electrons. The number of hydrogen-bond acceptors (Lipinski definition) is 2. The Balaban J connectivity index is 2.93. The van der Waals surface area contributed by atoms with Crippen LogP contribution in [0.1, 0.15) is 18.7 Å². The van der Waals surface area contributed by atoms with Crippen LogP contribution < -0.4 is 0 Å². The van der Waals surface area contributed by atoms with E-state index in [2.05, 4.69) is 15.9 Å². The zero-order chi connectivity index (χ0) is 10.6. The molecule has 76 valence electrons. The Morgan fingerprint density at radius 3 is 2.86 bits per heavy atom. The first-order valence-electron chi connectivity index (χ1n) is 4.20. The molecule has 0 heterocycles. The van der Waals surface area contributed by atoms with Crippen LogP contribution in [0.25, 0.3) is 0 Å². The van der Waals surface area contributed by atoms with Gasteiger partial charge >= 0.3 is 0 Å². The number of thioether (sulfide) groups is 1. The van der Waals surface area contributed by atoms with Crippen molar-refractivity contribution < 1.29 is 9.18 Å². The van der Waals surface area contributed by atoms with Crippen molar-refractivity contribution in [2.45, 2.75) is 18.0 Å². The van der Waals surface area contributed by atoms with Gasteiger partial charge in [-0.2, -0.15) is 0 Å². The van der Waals surface area contributed by atoms with Gasteiger partial charge in [-0.1, -0.05) is 13.0 Å². The normalized spacial score (nSPS) is 12.5. The van der Waals surface area contributed by atoms with Gasteiger partial charge in [-0.25, -0.2) is 4.39 Å². The maximum Gasteiger partial charge on any atom is 0.180 e. The molecule has 0 aromatic heterocycles. The maximum atomic E-state index is 13.0. The molecule has 0 amide bonds. The minimum atomic E-state index is -1.52. The summed E-state index contributed by atoms with van der Waals surface area (Å²) >= 11 is 5.01. The lowest BCUT2D eigenvalue weighted by Crippen LogP contribution is -1.92. The highest BCUT2D eigenvalue weighted by atomic mass is 79.9. The lowest BCUT2D eigenvalue weighted by Gasteiger charge is -2.06. The Morgan fingerprint density at radius 2 is 2.36 bits per heavy atom. The van der Waals surface area contributed by atoms with Crippen LogP contribution in [-0.2, 0) is 4.79 Å². The van der Waals surface area contributed by atoms with Gasteiger partial charge < -0.3 is 0 Å². The van der Waals surface area contributed by atoms with Crippen LogP contribution in [0, 0.1) is 0 Å². The van der Waals surface area contributed by atoms with E-state index < -0.39 is 6.17 Å². The molecular weight excluding hydrogens is 267 g/mol. The van der Waals surface area contributed by atoms with Gasteiger partial charge in [0, 0.05) is 9.37 Å². The highest BCUT2D eigenvalue weighted by Crippen LogP contribution is 2.30. The van der Waals surface area contributed by atoms with E-state index in [1.54, 1.807) is 23.9 Å². The van der Waals surface area contributed by atoms with E-state index in [0.717, 1.165) is 15.1 Å². The second-order valence-electron chi connectivity index (χ2n) is 2.66. The van der Waals surface area contributed by atoms with Crippen molar-refractivity contribution in [2.24, 2.45) is 0 Å². The molecule has 1 aromatic carbocycles. The van der Waals surface area contributed by atoms with Gasteiger partial charge in [0.1, 0.15) is 0 Å². The molecule has 0 aliphatic heterocycles. The fraction of sp³-hybridized carbons (Fsp3) is 0.300. The molecule has 1 aromatic rings. The first-order valence-corrected chi connectivity index (χ1v) is 5.98. The Kier molecular flexibility index (Phi) is 4.62. The lowest BCUT2D eigenvalue weighted by atomic mass is 10.1. The van der Waals surface area contributed by atoms with Gasteiger partial charge in [0.15, 0.2) is 12.5 Å². The molecule has 1 nitrogen and oxygen atoms in total. The minimum absolute atomic E-state index is 0.300. The summed E-state index contributed by atoms with van der Waals surface area (Å²) in [5.74, 6) is 0.963. The summed E-state index contributed by atoms with van der Waals surface area (Å²) in [6.45, 7) is 2.05. The number of benzene rings is 1. The van der Waals surface area contributed by atoms with Crippen molar-refractivity contribution in [3.63, 3.8) is 0 Å². The van der Waals surface area contributed by atoms with Gasteiger partial charge in [0.05, 0.1) is 0 Å². The fourth-order valence-corrected chi connectivity index (χ4v) is 2.45. The smallest absolute Gasteiger partial charge is 0.180 e. The number of carbonyl (C=O) groups is 1. The van der Waals surface area contributed by atoms with Crippen molar-refractivity contribution in [3.05, 3.63) is 28.2 Å². The SMILES string of the molecule is CCSc1ccc(C(F)C=O)cc1Br. The van der Waals surface area contributed by atoms with Gasteiger partial charge in [-0.05, 0) is 39.4 Å². The molecule has 0 saturated carbocycles. The second kappa shape index (κ2) is 5.51. The summed E-state index contributed by atoms with van der Waals surface area (Å²) < 4.78 is 13.8. The van der Waals surface area contributed by atoms with Crippen LogP contribution in [0.4, 0.5) is 4.39 Å². The summed E-state index contributed by atoms with van der Waals surface area (Å²) in [4.78, 5) is 11.3. The molecule has 1 rings (SSSR count). The molecule has 14 heavy (non-hydrogen) atoms. The third-order valence-corrected chi connectivity index (χ3v) is 3.57. The molecule has 0 spiro atoms. The second-order valence-corrected chi connectivity index (χ2v) is 4.82. The molecular formula is C10H10BrFOS. The molecule has 4 heteroatoms. The van der Waals surface area contributed by atoms with Crippen molar-refractivity contribution in [3.8, 4) is 0 Å². The van der Waals surface area contributed by atoms with Crippen molar-refractivity contribution in [1.29, 1.82) is 0 Å². The zero-order valence-corrected chi connectivity index (χ0v) is 10.1. The summed E-state index contributed by atoms with van der Waals surface area (Å²) in [6, 6.07) is 5.11. The Labute approximate surface area is 95.2 Å². The number of aldehydes is 1. The quantitative estimate of drug-likeness (QED) is 0.615. The Hall–Kier alpha value is -0.350. The van der Waals surface area contributed by atoms with Crippen LogP contribution in [0.2, 0.25) is 0 Å². The first kappa shape index (κ1) is 11.7. The van der Waals surface area contributed by atoms with E-state index in [-0.39, 0.29) is 0 Å². The van der Waals surface area contributed by atoms with E-state index in [4.69, 9.17) is 0 Å². The number of halogens is 2. The summed E-state index contributed by atoms with van der Waals surface area (Å²) in [6.07, 6.45) is -1.22. The molecule has 0 bridgehead atoms. The standard InChI is InChI=1S/C10H10BrFOS/c1-2-14-10-4-3-7(5-8(10)11)9(12)6-13/h3-6,9H,2H2,1H3. The van der Waals surface area contributed by atoms with Crippen molar-refractivity contribution in [1.82, 2.24) is 0 Å². The van der Waals surface area contributed by atoms with E-state index in [0.29, 0.717) is 11.8 Å². The van der Waals surface area contributed by atoms with E-state index in [1.165, 1.54) is 0 Å². The molecule has 0 N–H and O–H groups in total. The van der Waals surface area contributed by atoms with Crippen LogP contribution >= 0.6 is 27.7 Å². The van der Waals surface area contributed by atoms with Crippen molar-refractivity contribution in [2.75, 3.05) is 5.75 Å². The average Bonchev–Trinajstić information content (AvgIpc) is 2.20. The molecule has 1 atom stereocenters. The highest BCUT2D eigenvalue weighted by Gasteiger charge is 2.09. The van der Waals surface area contributed by atoms with Gasteiger partial charge in [-0.3, -0.25) is 4.79 Å². The Bertz CT molecular complexity index is 330. The molecule has 0 fully saturated rings. The summed E-state index contributed by atoms with van der Waals surface area (Å²) in [5, 5.41) is 0. The molecule has 0 aliphatic carbocycles. The van der Waals surface area contributed by atoms with E-state index in [1.807, 2.05) is 13.0 Å². The third kappa shape index (κ3) is 2.82. The zero-order valence-electron chi connectivity index (χ0n) is 7.67. The van der Waals surface area contributed by atoms with Gasteiger partial charge in [0.2, 0.25) is 0 Å². The number of hydrogen-bond donors (Lipinski definition) is 0. The van der Waals surface area contributed by atoms with E-state index >= 15 is 0 Å². The monoisotopic (exact) mass is 276 g/mol. The number of carbonyl (C=O) groups excluding carboxylic acids is 1. The maximum absolute atomic E-state index is 13.0. The van der Waals surface area contributed by atoms with Crippen LogP contribution in [0.5, 0.6) is 0 Å². The third-order valence-electron chi connectivity index (χ3n) is 1.69. The van der Waals surface area contributed by atoms with Gasteiger partial charge in [-0.15, -0.1) is 11.8 Å². The number of alkyl halides is 1.